The van der Waals surface area contributed by atoms with Crippen LogP contribution in [0, 0.1) is 5.92 Å². The highest BCUT2D eigenvalue weighted by atomic mass is 16.4. The zero-order valence-corrected chi connectivity index (χ0v) is 13.2. The highest BCUT2D eigenvalue weighted by molar-refractivity contribution is 5.86. The molecule has 5 heteroatoms. The van der Waals surface area contributed by atoms with Crippen molar-refractivity contribution >= 4 is 11.9 Å². The van der Waals surface area contributed by atoms with E-state index >= 15 is 0 Å². The molecule has 1 aromatic rings. The maximum Gasteiger partial charge on any atom is 0.326 e. The van der Waals surface area contributed by atoms with Crippen LogP contribution in [0.5, 0.6) is 0 Å². The fourth-order valence-corrected chi connectivity index (χ4v) is 2.23. The maximum atomic E-state index is 11.8. The summed E-state index contributed by atoms with van der Waals surface area (Å²) in [7, 11) is 0. The normalized spacial score (nSPS) is 13.6. The number of hydrogen-bond donors (Lipinski definition) is 3. The molecule has 0 aromatic heterocycles. The molecular formula is C17H25NO4. The van der Waals surface area contributed by atoms with E-state index in [-0.39, 0.29) is 5.92 Å². The van der Waals surface area contributed by atoms with Crippen LogP contribution in [0.3, 0.4) is 0 Å². The standard InChI is InChI=1S/C17H25NO4/c1-12(2)11-15(19)16(20)18-14(17(21)22)10-6-9-13-7-4-3-5-8-13/h3-5,7-8,12,14-15,19H,6,9-11H2,1-2H3,(H,18,20)(H,21,22)/t14-,15+/m1/s1. The van der Waals surface area contributed by atoms with Gasteiger partial charge >= 0.3 is 5.97 Å². The molecule has 0 aliphatic carbocycles. The first-order valence-electron chi connectivity index (χ1n) is 7.65. The molecule has 3 N–H and O–H groups in total. The van der Waals surface area contributed by atoms with E-state index in [9.17, 15) is 19.8 Å². The molecule has 0 aliphatic heterocycles. The van der Waals surface area contributed by atoms with Gasteiger partial charge in [-0.05, 0) is 37.2 Å². The lowest BCUT2D eigenvalue weighted by atomic mass is 10.0. The van der Waals surface area contributed by atoms with E-state index in [1.165, 1.54) is 0 Å². The summed E-state index contributed by atoms with van der Waals surface area (Å²) in [6.45, 7) is 3.79. The molecule has 0 heterocycles. The van der Waals surface area contributed by atoms with Crippen LogP contribution in [0.1, 0.15) is 38.7 Å². The third kappa shape index (κ3) is 6.72. The Morgan fingerprint density at radius 1 is 1.18 bits per heavy atom. The van der Waals surface area contributed by atoms with Gasteiger partial charge in [0, 0.05) is 0 Å². The quantitative estimate of drug-likeness (QED) is 0.651. The van der Waals surface area contributed by atoms with E-state index in [0.717, 1.165) is 12.0 Å². The third-order valence-corrected chi connectivity index (χ3v) is 3.41. The summed E-state index contributed by atoms with van der Waals surface area (Å²) in [5.41, 5.74) is 1.14. The van der Waals surface area contributed by atoms with E-state index in [4.69, 9.17) is 0 Å². The Hall–Kier alpha value is -1.88. The number of hydrogen-bond acceptors (Lipinski definition) is 3. The van der Waals surface area contributed by atoms with Crippen molar-refractivity contribution in [1.29, 1.82) is 0 Å². The van der Waals surface area contributed by atoms with Gasteiger partial charge in [-0.1, -0.05) is 44.2 Å². The maximum absolute atomic E-state index is 11.8. The number of aliphatic hydroxyl groups is 1. The number of carbonyl (C=O) groups is 2. The van der Waals surface area contributed by atoms with Gasteiger partial charge in [-0.25, -0.2) is 4.79 Å². The van der Waals surface area contributed by atoms with Crippen molar-refractivity contribution in [3.8, 4) is 0 Å². The molecule has 1 rings (SSSR count). The molecule has 0 aliphatic rings. The first-order chi connectivity index (χ1) is 10.4. The fourth-order valence-electron chi connectivity index (χ4n) is 2.23. The number of amides is 1. The SMILES string of the molecule is CC(C)C[C@H](O)C(=O)N[C@H](CCCc1ccccc1)C(=O)O. The predicted molar refractivity (Wildman–Crippen MR) is 84.4 cm³/mol. The monoisotopic (exact) mass is 307 g/mol. The Morgan fingerprint density at radius 3 is 2.36 bits per heavy atom. The molecule has 0 bridgehead atoms. The van der Waals surface area contributed by atoms with Gasteiger partial charge < -0.3 is 15.5 Å². The highest BCUT2D eigenvalue weighted by Gasteiger charge is 2.24. The molecule has 0 fully saturated rings. The molecule has 1 aromatic carbocycles. The number of carbonyl (C=O) groups excluding carboxylic acids is 1. The average Bonchev–Trinajstić information content (AvgIpc) is 2.46. The van der Waals surface area contributed by atoms with E-state index < -0.39 is 24.0 Å². The van der Waals surface area contributed by atoms with Crippen molar-refractivity contribution in [3.63, 3.8) is 0 Å². The number of benzene rings is 1. The largest absolute Gasteiger partial charge is 0.480 e. The summed E-state index contributed by atoms with van der Waals surface area (Å²) in [5, 5.41) is 21.3. The molecule has 0 unspecified atom stereocenters. The summed E-state index contributed by atoms with van der Waals surface area (Å²) >= 11 is 0. The van der Waals surface area contributed by atoms with Crippen molar-refractivity contribution < 1.29 is 19.8 Å². The lowest BCUT2D eigenvalue weighted by Crippen LogP contribution is -2.45. The van der Waals surface area contributed by atoms with Crippen LogP contribution >= 0.6 is 0 Å². The number of carboxylic acid groups (broad SMARTS) is 1. The van der Waals surface area contributed by atoms with Gasteiger partial charge in [-0.15, -0.1) is 0 Å². The molecular weight excluding hydrogens is 282 g/mol. The van der Waals surface area contributed by atoms with Crippen molar-refractivity contribution in [2.45, 2.75) is 51.7 Å². The molecule has 2 atom stereocenters. The first-order valence-corrected chi connectivity index (χ1v) is 7.65. The number of aryl methyl sites for hydroxylation is 1. The van der Waals surface area contributed by atoms with E-state index in [2.05, 4.69) is 5.32 Å². The molecule has 5 nitrogen and oxygen atoms in total. The number of aliphatic hydroxyl groups excluding tert-OH is 1. The Balaban J connectivity index is 2.45. The molecule has 22 heavy (non-hydrogen) atoms. The Labute approximate surface area is 131 Å². The van der Waals surface area contributed by atoms with Crippen molar-refractivity contribution in [2.24, 2.45) is 5.92 Å². The van der Waals surface area contributed by atoms with Crippen LogP contribution in [0.25, 0.3) is 0 Å². The molecule has 0 spiro atoms. The van der Waals surface area contributed by atoms with Gasteiger partial charge in [-0.3, -0.25) is 4.79 Å². The Kier molecular flexibility index (Phi) is 7.60. The Bertz CT molecular complexity index is 473. The van der Waals surface area contributed by atoms with E-state index in [1.807, 2.05) is 44.2 Å². The lowest BCUT2D eigenvalue weighted by Gasteiger charge is -2.18. The number of aliphatic carboxylic acids is 1. The molecule has 0 radical (unpaired) electrons. The van der Waals surface area contributed by atoms with Gasteiger partial charge in [0.15, 0.2) is 0 Å². The summed E-state index contributed by atoms with van der Waals surface area (Å²) in [6, 6.07) is 8.82. The predicted octanol–water partition coefficient (Wildman–Crippen LogP) is 1.99. The summed E-state index contributed by atoms with van der Waals surface area (Å²) in [4.78, 5) is 23.0. The third-order valence-electron chi connectivity index (χ3n) is 3.41. The Morgan fingerprint density at radius 2 is 1.82 bits per heavy atom. The van der Waals surface area contributed by atoms with E-state index in [0.29, 0.717) is 19.3 Å². The van der Waals surface area contributed by atoms with Crippen molar-refractivity contribution in [2.75, 3.05) is 0 Å². The number of carboxylic acids is 1. The van der Waals surface area contributed by atoms with Gasteiger partial charge in [0.1, 0.15) is 12.1 Å². The minimum atomic E-state index is -1.16. The zero-order chi connectivity index (χ0) is 16.5. The van der Waals surface area contributed by atoms with E-state index in [1.54, 1.807) is 0 Å². The van der Waals surface area contributed by atoms with Gasteiger partial charge in [-0.2, -0.15) is 0 Å². The summed E-state index contributed by atoms with van der Waals surface area (Å²) < 4.78 is 0. The average molecular weight is 307 g/mol. The first kappa shape index (κ1) is 18.2. The van der Waals surface area contributed by atoms with Crippen LogP contribution in [-0.2, 0) is 16.0 Å². The molecule has 0 saturated carbocycles. The van der Waals surface area contributed by atoms with Crippen LogP contribution in [0.2, 0.25) is 0 Å². The van der Waals surface area contributed by atoms with Crippen LogP contribution < -0.4 is 5.32 Å². The second kappa shape index (κ2) is 9.20. The second-order valence-corrected chi connectivity index (χ2v) is 5.92. The molecule has 1 amide bonds. The van der Waals surface area contributed by atoms with Gasteiger partial charge in [0.25, 0.3) is 0 Å². The summed E-state index contributed by atoms with van der Waals surface area (Å²) in [5.74, 6) is -1.51. The zero-order valence-electron chi connectivity index (χ0n) is 13.2. The fraction of sp³-hybridized carbons (Fsp3) is 0.529. The smallest absolute Gasteiger partial charge is 0.326 e. The second-order valence-electron chi connectivity index (χ2n) is 5.92. The number of rotatable bonds is 9. The van der Waals surface area contributed by atoms with Crippen LogP contribution in [-0.4, -0.2) is 34.2 Å². The van der Waals surface area contributed by atoms with Crippen molar-refractivity contribution in [3.05, 3.63) is 35.9 Å². The summed E-state index contributed by atoms with van der Waals surface area (Å²) in [6.07, 6.45) is 0.916. The van der Waals surface area contributed by atoms with Gasteiger partial charge in [0.2, 0.25) is 5.91 Å². The molecule has 0 saturated heterocycles. The van der Waals surface area contributed by atoms with Crippen molar-refractivity contribution in [1.82, 2.24) is 5.32 Å². The van der Waals surface area contributed by atoms with Crippen LogP contribution in [0.4, 0.5) is 0 Å². The topological polar surface area (TPSA) is 86.6 Å². The van der Waals surface area contributed by atoms with Crippen LogP contribution in [0.15, 0.2) is 30.3 Å². The molecule has 122 valence electrons. The highest BCUT2D eigenvalue weighted by Crippen LogP contribution is 2.09. The lowest BCUT2D eigenvalue weighted by molar-refractivity contribution is -0.143. The minimum Gasteiger partial charge on any atom is -0.480 e. The minimum absolute atomic E-state index is 0.169. The number of nitrogens with one attached hydrogen (secondary N) is 1. The van der Waals surface area contributed by atoms with Gasteiger partial charge in [0.05, 0.1) is 0 Å².